The van der Waals surface area contributed by atoms with Crippen molar-refractivity contribution in [2.24, 2.45) is 16.7 Å². The lowest BCUT2D eigenvalue weighted by molar-refractivity contribution is -0.164. The van der Waals surface area contributed by atoms with E-state index >= 15 is 0 Å². The monoisotopic (exact) mass is 831 g/mol. The van der Waals surface area contributed by atoms with E-state index in [-0.39, 0.29) is 53.2 Å². The third kappa shape index (κ3) is 7.05. The zero-order chi connectivity index (χ0) is 42.1. The van der Waals surface area contributed by atoms with Crippen molar-refractivity contribution >= 4 is 51.6 Å². The Morgan fingerprint density at radius 1 is 0.950 bits per heavy atom. The van der Waals surface area contributed by atoms with Crippen LogP contribution in [0.4, 0.5) is 11.4 Å². The van der Waals surface area contributed by atoms with Gasteiger partial charge in [-0.2, -0.15) is 9.94 Å². The van der Waals surface area contributed by atoms with Gasteiger partial charge < -0.3 is 19.9 Å². The first-order chi connectivity index (χ1) is 28.7. The molecule has 4 aliphatic heterocycles. The fourth-order valence-electron chi connectivity index (χ4n) is 11.0. The van der Waals surface area contributed by atoms with Gasteiger partial charge in [0.2, 0.25) is 5.91 Å². The first-order valence-electron chi connectivity index (χ1n) is 21.0. The van der Waals surface area contributed by atoms with Crippen molar-refractivity contribution in [1.82, 2.24) is 30.5 Å². The third-order valence-corrected chi connectivity index (χ3v) is 14.2. The number of likely N-dealkylation sites (tertiary alicyclic amines) is 1. The minimum absolute atomic E-state index is 0.101. The molecule has 60 heavy (non-hydrogen) atoms. The van der Waals surface area contributed by atoms with Gasteiger partial charge in [-0.3, -0.25) is 29.4 Å². The maximum absolute atomic E-state index is 13.6. The van der Waals surface area contributed by atoms with Crippen molar-refractivity contribution in [2.75, 3.05) is 42.5 Å². The largest absolute Gasteiger partial charge is 0.489 e. The molecule has 1 aromatic heterocycles. The van der Waals surface area contributed by atoms with Crippen LogP contribution in [0.15, 0.2) is 65.5 Å². The second-order valence-corrected chi connectivity index (χ2v) is 18.8. The highest BCUT2D eigenvalue weighted by Gasteiger charge is 2.64. The number of amides is 3. The molecule has 1 saturated carbocycles. The highest BCUT2D eigenvalue weighted by atomic mass is 35.5. The first kappa shape index (κ1) is 39.9. The Labute approximate surface area is 353 Å². The number of hydrogen-bond acceptors (Lipinski definition) is 11. The van der Waals surface area contributed by atoms with Crippen LogP contribution < -0.4 is 30.7 Å². The molecule has 3 atom stereocenters. The molecule has 14 nitrogen and oxygen atoms in total. The van der Waals surface area contributed by atoms with Crippen molar-refractivity contribution in [3.05, 3.63) is 87.2 Å². The van der Waals surface area contributed by atoms with E-state index in [9.17, 15) is 24.4 Å². The fraction of sp³-hybridized carbons (Fsp3) is 0.489. The predicted octanol–water partition coefficient (Wildman–Crippen LogP) is 5.09. The minimum atomic E-state index is -0.849. The van der Waals surface area contributed by atoms with E-state index in [0.29, 0.717) is 50.8 Å². The summed E-state index contributed by atoms with van der Waals surface area (Å²) in [6, 6.07) is 20.9. The normalized spacial score (nSPS) is 26.1. The Kier molecular flexibility index (Phi) is 10.1. The highest BCUT2D eigenvalue weighted by molar-refractivity contribution is 6.31. The number of carbonyl (C=O) groups is 3. The molecule has 4 aromatic rings. The van der Waals surface area contributed by atoms with E-state index in [1.54, 1.807) is 18.2 Å². The molecule has 2 bridgehead atoms. The number of nitrogens with zero attached hydrogens (tertiary/aromatic N) is 7. The third-order valence-electron chi connectivity index (χ3n) is 13.9. The van der Waals surface area contributed by atoms with Gasteiger partial charge in [-0.1, -0.05) is 44.5 Å². The molecule has 3 aromatic carbocycles. The zero-order valence-corrected chi connectivity index (χ0v) is 35.1. The lowest BCUT2D eigenvalue weighted by Crippen LogP contribution is -2.74. The number of piperazine rings is 1. The Bertz CT molecular complexity index is 2460. The second kappa shape index (κ2) is 15.2. The van der Waals surface area contributed by atoms with Gasteiger partial charge in [0.05, 0.1) is 16.0 Å². The van der Waals surface area contributed by atoms with E-state index in [2.05, 4.69) is 81.5 Å². The maximum Gasteiger partial charge on any atom is 0.278 e. The summed E-state index contributed by atoms with van der Waals surface area (Å²) < 4.78 is 7.51. The molecule has 0 spiro atoms. The van der Waals surface area contributed by atoms with E-state index in [1.807, 2.05) is 30.3 Å². The van der Waals surface area contributed by atoms with Crippen LogP contribution in [0.3, 0.4) is 0 Å². The van der Waals surface area contributed by atoms with E-state index < -0.39 is 11.9 Å². The quantitative estimate of drug-likeness (QED) is 0.216. The van der Waals surface area contributed by atoms with Gasteiger partial charge >= 0.3 is 0 Å². The Morgan fingerprint density at radius 2 is 1.68 bits per heavy atom. The fourth-order valence-corrected chi connectivity index (χ4v) is 11.2. The molecule has 3 unspecified atom stereocenters. The standard InChI is InChI=1S/C45H50ClN9O5/c1-44(2)42(45(3,4)43(44)60-33-11-7-28(22-47)35(46)21-33)49-39(57)27-5-8-29(9-6-27)54-25-31-19-32(54)24-53(31)23-26-15-17-52(18-16-26)30-10-12-36-34(20-30)41(59)55(51-50-36)37-13-14-38(56)48-40(37)58/h5-12,20-21,26,31-32,37,42-43H,13-19,23-25H2,1-4H3,(H,49,57)(H,48,56,58). The average Bonchev–Trinajstić information content (AvgIpc) is 3.84. The summed E-state index contributed by atoms with van der Waals surface area (Å²) in [5.41, 5.74) is 2.55. The number of piperidine rings is 2. The van der Waals surface area contributed by atoms with Crippen LogP contribution in [0.25, 0.3) is 10.9 Å². The number of imide groups is 1. The van der Waals surface area contributed by atoms with Gasteiger partial charge in [-0.05, 0) is 86.2 Å². The summed E-state index contributed by atoms with van der Waals surface area (Å²) in [5, 5.41) is 23.8. The molecule has 15 heteroatoms. The molecule has 9 rings (SSSR count). The molecule has 5 aliphatic rings. The first-order valence-corrected chi connectivity index (χ1v) is 21.3. The van der Waals surface area contributed by atoms with E-state index in [1.165, 1.54) is 0 Å². The van der Waals surface area contributed by atoms with Crippen molar-refractivity contribution in [3.8, 4) is 11.8 Å². The number of nitriles is 1. The lowest BCUT2D eigenvalue weighted by Gasteiger charge is -2.63. The van der Waals surface area contributed by atoms with Crippen molar-refractivity contribution in [3.63, 3.8) is 0 Å². The van der Waals surface area contributed by atoms with Crippen molar-refractivity contribution < 1.29 is 19.1 Å². The SMILES string of the molecule is CC1(C)C(NC(=O)c2ccc(N3CC4CC3CN4CC3CCN(c4ccc5nnn(C6CCC(=O)NC6=O)c(=O)c5c4)CC3)cc2)C(C)(C)C1Oc1ccc(C#N)c(Cl)c1. The van der Waals surface area contributed by atoms with Gasteiger partial charge in [0.1, 0.15) is 29.5 Å². The minimum Gasteiger partial charge on any atom is -0.489 e. The molecule has 2 N–H and O–H groups in total. The number of aromatic nitrogens is 3. The Morgan fingerprint density at radius 3 is 2.35 bits per heavy atom. The van der Waals surface area contributed by atoms with Crippen LogP contribution in [-0.4, -0.2) is 94.6 Å². The van der Waals surface area contributed by atoms with Gasteiger partial charge in [-0.15, -0.1) is 5.10 Å². The molecule has 0 radical (unpaired) electrons. The topological polar surface area (TPSA) is 166 Å². The number of anilines is 2. The van der Waals surface area contributed by atoms with Crippen LogP contribution >= 0.6 is 11.6 Å². The molecule has 5 fully saturated rings. The van der Waals surface area contributed by atoms with E-state index in [0.717, 1.165) is 68.0 Å². The van der Waals surface area contributed by atoms with Crippen LogP contribution in [0, 0.1) is 28.1 Å². The van der Waals surface area contributed by atoms with E-state index in [4.69, 9.17) is 16.3 Å². The summed E-state index contributed by atoms with van der Waals surface area (Å²) >= 11 is 6.27. The highest BCUT2D eigenvalue weighted by Crippen LogP contribution is 2.55. The van der Waals surface area contributed by atoms with Crippen LogP contribution in [0.2, 0.25) is 5.02 Å². The van der Waals surface area contributed by atoms with Crippen LogP contribution in [-0.2, 0) is 9.59 Å². The molecule has 4 saturated heterocycles. The maximum atomic E-state index is 13.6. The molecule has 312 valence electrons. The second-order valence-electron chi connectivity index (χ2n) is 18.4. The average molecular weight is 832 g/mol. The van der Waals surface area contributed by atoms with Crippen LogP contribution in [0.1, 0.15) is 81.8 Å². The van der Waals surface area contributed by atoms with Crippen molar-refractivity contribution in [1.29, 1.82) is 5.26 Å². The number of hydrogen-bond donors (Lipinski definition) is 2. The number of nitrogens with one attached hydrogen (secondary N) is 2. The van der Waals surface area contributed by atoms with Crippen LogP contribution in [0.5, 0.6) is 5.75 Å². The van der Waals surface area contributed by atoms with Crippen molar-refractivity contribution in [2.45, 2.75) is 90.1 Å². The summed E-state index contributed by atoms with van der Waals surface area (Å²) in [6.45, 7) is 13.3. The van der Waals surface area contributed by atoms with Gasteiger partial charge in [0.25, 0.3) is 17.4 Å². The van der Waals surface area contributed by atoms with Gasteiger partial charge in [-0.25, -0.2) is 0 Å². The van der Waals surface area contributed by atoms with Gasteiger partial charge in [0, 0.05) is 91.1 Å². The number of rotatable bonds is 9. The Balaban J connectivity index is 0.762. The van der Waals surface area contributed by atoms with Gasteiger partial charge in [0.15, 0.2) is 0 Å². The number of benzene rings is 3. The molecular weight excluding hydrogens is 782 g/mol. The number of ether oxygens (including phenoxy) is 1. The predicted molar refractivity (Wildman–Crippen MR) is 227 cm³/mol. The lowest BCUT2D eigenvalue weighted by atomic mass is 9.49. The number of halogens is 1. The summed E-state index contributed by atoms with van der Waals surface area (Å²) in [7, 11) is 0. The number of carbonyl (C=O) groups excluding carboxylic acids is 3. The molecule has 5 heterocycles. The summed E-state index contributed by atoms with van der Waals surface area (Å²) in [5.74, 6) is 0.222. The molecular formula is C45H50ClN9O5. The summed E-state index contributed by atoms with van der Waals surface area (Å²) in [4.78, 5) is 58.6. The summed E-state index contributed by atoms with van der Waals surface area (Å²) in [6.07, 6.45) is 3.46. The smallest absolute Gasteiger partial charge is 0.278 e. The Hall–Kier alpha value is -5.52. The number of fused-ring (bicyclic) bond motifs is 3. The molecule has 1 aliphatic carbocycles. The molecule has 3 amide bonds. The zero-order valence-electron chi connectivity index (χ0n) is 34.4.